The van der Waals surface area contributed by atoms with E-state index in [1.807, 2.05) is 13.8 Å². The Balaban J connectivity index is 1.88. The zero-order valence-corrected chi connectivity index (χ0v) is 16.5. The van der Waals surface area contributed by atoms with Crippen molar-refractivity contribution in [1.82, 2.24) is 10.6 Å². The Hall–Kier alpha value is -1.80. The highest BCUT2D eigenvalue weighted by molar-refractivity contribution is 5.79. The normalized spacial score (nSPS) is 18.6. The van der Waals surface area contributed by atoms with Crippen molar-refractivity contribution < 1.29 is 23.0 Å². The summed E-state index contributed by atoms with van der Waals surface area (Å²) in [6, 6.07) is 5.47. The van der Waals surface area contributed by atoms with Crippen LogP contribution in [0.1, 0.15) is 50.2 Å². The van der Waals surface area contributed by atoms with E-state index in [9.17, 15) is 18.3 Å². The summed E-state index contributed by atoms with van der Waals surface area (Å²) in [6.45, 7) is 6.45. The number of aliphatic imine (C=N–C) groups is 1. The minimum absolute atomic E-state index is 0.0302. The van der Waals surface area contributed by atoms with Gasteiger partial charge in [0.1, 0.15) is 0 Å². The van der Waals surface area contributed by atoms with Gasteiger partial charge in [0.25, 0.3) is 0 Å². The molecule has 5 nitrogen and oxygen atoms in total. The number of guanidine groups is 1. The quantitative estimate of drug-likeness (QED) is 0.485. The van der Waals surface area contributed by atoms with Crippen LogP contribution in [0.4, 0.5) is 13.2 Å². The van der Waals surface area contributed by atoms with Crippen LogP contribution in [0.25, 0.3) is 0 Å². The lowest BCUT2D eigenvalue weighted by Gasteiger charge is -2.30. The number of nitrogens with one attached hydrogen (secondary N) is 2. The maximum Gasteiger partial charge on any atom is 0.416 e. The van der Waals surface area contributed by atoms with Crippen molar-refractivity contribution in [3.8, 4) is 0 Å². The van der Waals surface area contributed by atoms with E-state index in [1.54, 1.807) is 6.07 Å². The number of halogens is 3. The zero-order valence-electron chi connectivity index (χ0n) is 16.5. The first-order valence-corrected chi connectivity index (χ1v) is 9.73. The number of hydrogen-bond donors (Lipinski definition) is 3. The number of rotatable bonds is 7. The first-order chi connectivity index (χ1) is 13.2. The van der Waals surface area contributed by atoms with E-state index in [1.165, 1.54) is 12.1 Å². The SMILES string of the molecule is CCNC(=NCC1(O)CCOCC1)NCCC(C)c1cccc(C(F)(F)F)c1. The molecule has 1 aromatic carbocycles. The molecule has 1 saturated heterocycles. The molecule has 1 aromatic rings. The van der Waals surface area contributed by atoms with E-state index in [-0.39, 0.29) is 12.5 Å². The van der Waals surface area contributed by atoms with Gasteiger partial charge in [-0.15, -0.1) is 0 Å². The van der Waals surface area contributed by atoms with Gasteiger partial charge in [0.05, 0.1) is 17.7 Å². The van der Waals surface area contributed by atoms with Crippen LogP contribution in [0.15, 0.2) is 29.3 Å². The highest BCUT2D eigenvalue weighted by Gasteiger charge is 2.31. The van der Waals surface area contributed by atoms with Crippen molar-refractivity contribution >= 4 is 5.96 Å². The van der Waals surface area contributed by atoms with E-state index in [0.29, 0.717) is 57.1 Å². The third-order valence-corrected chi connectivity index (χ3v) is 4.95. The molecule has 1 unspecified atom stereocenters. The lowest BCUT2D eigenvalue weighted by molar-refractivity contribution is -0.137. The molecule has 1 aliphatic heterocycles. The predicted molar refractivity (Wildman–Crippen MR) is 103 cm³/mol. The first kappa shape index (κ1) is 22.5. The summed E-state index contributed by atoms with van der Waals surface area (Å²) in [5.74, 6) is 0.566. The highest BCUT2D eigenvalue weighted by atomic mass is 19.4. The van der Waals surface area contributed by atoms with Gasteiger partial charge in [0.2, 0.25) is 0 Å². The molecule has 28 heavy (non-hydrogen) atoms. The molecule has 8 heteroatoms. The van der Waals surface area contributed by atoms with E-state index in [0.717, 1.165) is 6.07 Å². The molecule has 2 rings (SSSR count). The predicted octanol–water partition coefficient (Wildman–Crippen LogP) is 3.30. The van der Waals surface area contributed by atoms with Gasteiger partial charge in [-0.05, 0) is 30.9 Å². The molecule has 1 fully saturated rings. The minimum Gasteiger partial charge on any atom is -0.388 e. The average molecular weight is 401 g/mol. The molecule has 0 aromatic heterocycles. The standard InChI is InChI=1S/C20H30F3N3O2/c1-3-24-18(26-14-19(27)8-11-28-12-9-19)25-10-7-15(2)16-5-4-6-17(13-16)20(21,22)23/h4-6,13,15,27H,3,7-12,14H2,1-2H3,(H2,24,25,26). The van der Waals surface area contributed by atoms with Crippen LogP contribution >= 0.6 is 0 Å². The second-order valence-electron chi connectivity index (χ2n) is 7.27. The summed E-state index contributed by atoms with van der Waals surface area (Å²) in [5.41, 5.74) is -0.800. The summed E-state index contributed by atoms with van der Waals surface area (Å²) in [4.78, 5) is 4.47. The molecule has 0 radical (unpaired) electrons. The Kier molecular flexibility index (Phi) is 8.12. The van der Waals surface area contributed by atoms with E-state index in [2.05, 4.69) is 15.6 Å². The number of alkyl halides is 3. The molecule has 3 N–H and O–H groups in total. The van der Waals surface area contributed by atoms with Crippen molar-refractivity contribution in [1.29, 1.82) is 0 Å². The summed E-state index contributed by atoms with van der Waals surface area (Å²) in [6.07, 6.45) is -2.56. The second-order valence-corrected chi connectivity index (χ2v) is 7.27. The van der Waals surface area contributed by atoms with Crippen LogP contribution < -0.4 is 10.6 Å². The molecule has 0 spiro atoms. The van der Waals surface area contributed by atoms with Crippen molar-refractivity contribution in [2.75, 3.05) is 32.8 Å². The van der Waals surface area contributed by atoms with Gasteiger partial charge < -0.3 is 20.5 Å². The molecular weight excluding hydrogens is 371 g/mol. The maximum atomic E-state index is 12.9. The van der Waals surface area contributed by atoms with Crippen LogP contribution in [0.5, 0.6) is 0 Å². The highest BCUT2D eigenvalue weighted by Crippen LogP contribution is 2.31. The van der Waals surface area contributed by atoms with Crippen molar-refractivity contribution in [3.05, 3.63) is 35.4 Å². The Morgan fingerprint density at radius 3 is 2.64 bits per heavy atom. The summed E-state index contributed by atoms with van der Waals surface area (Å²) < 4.78 is 43.9. The Labute approximate surface area is 164 Å². The van der Waals surface area contributed by atoms with Gasteiger partial charge in [0, 0.05) is 39.1 Å². The topological polar surface area (TPSA) is 65.9 Å². The number of nitrogens with zero attached hydrogens (tertiary/aromatic N) is 1. The van der Waals surface area contributed by atoms with Gasteiger partial charge in [-0.25, -0.2) is 0 Å². The van der Waals surface area contributed by atoms with Crippen LogP contribution in [-0.4, -0.2) is 49.5 Å². The molecule has 1 aliphatic rings. The number of hydrogen-bond acceptors (Lipinski definition) is 3. The molecule has 0 aliphatic carbocycles. The fourth-order valence-corrected chi connectivity index (χ4v) is 3.07. The van der Waals surface area contributed by atoms with Crippen LogP contribution in [-0.2, 0) is 10.9 Å². The zero-order chi connectivity index (χ0) is 20.6. The Bertz CT molecular complexity index is 644. The van der Waals surface area contributed by atoms with Gasteiger partial charge in [0.15, 0.2) is 5.96 Å². The van der Waals surface area contributed by atoms with Gasteiger partial charge in [-0.3, -0.25) is 4.99 Å². The fraction of sp³-hybridized carbons (Fsp3) is 0.650. The monoisotopic (exact) mass is 401 g/mol. The maximum absolute atomic E-state index is 12.9. The molecule has 1 heterocycles. The number of benzene rings is 1. The first-order valence-electron chi connectivity index (χ1n) is 9.73. The van der Waals surface area contributed by atoms with Crippen LogP contribution in [0, 0.1) is 0 Å². The van der Waals surface area contributed by atoms with Crippen LogP contribution in [0.2, 0.25) is 0 Å². The summed E-state index contributed by atoms with van der Waals surface area (Å²) >= 11 is 0. The fourth-order valence-electron chi connectivity index (χ4n) is 3.07. The smallest absolute Gasteiger partial charge is 0.388 e. The summed E-state index contributed by atoms with van der Waals surface area (Å²) in [7, 11) is 0. The van der Waals surface area contributed by atoms with Crippen molar-refractivity contribution in [3.63, 3.8) is 0 Å². The van der Waals surface area contributed by atoms with Crippen LogP contribution in [0.3, 0.4) is 0 Å². The minimum atomic E-state index is -4.33. The molecule has 1 atom stereocenters. The molecular formula is C20H30F3N3O2. The number of aliphatic hydroxyl groups is 1. The van der Waals surface area contributed by atoms with E-state index >= 15 is 0 Å². The summed E-state index contributed by atoms with van der Waals surface area (Å²) in [5, 5.41) is 16.8. The Morgan fingerprint density at radius 1 is 1.29 bits per heavy atom. The molecule has 158 valence electrons. The van der Waals surface area contributed by atoms with Crippen molar-refractivity contribution in [2.45, 2.75) is 50.8 Å². The number of ether oxygens (including phenoxy) is 1. The third-order valence-electron chi connectivity index (χ3n) is 4.95. The third kappa shape index (κ3) is 6.98. The molecule has 0 saturated carbocycles. The molecule has 0 amide bonds. The van der Waals surface area contributed by atoms with Gasteiger partial charge >= 0.3 is 6.18 Å². The van der Waals surface area contributed by atoms with E-state index < -0.39 is 17.3 Å². The van der Waals surface area contributed by atoms with E-state index in [4.69, 9.17) is 4.74 Å². The average Bonchev–Trinajstić information content (AvgIpc) is 2.66. The van der Waals surface area contributed by atoms with Gasteiger partial charge in [-0.2, -0.15) is 13.2 Å². The molecule has 0 bridgehead atoms. The lowest BCUT2D eigenvalue weighted by Crippen LogP contribution is -2.42. The Morgan fingerprint density at radius 2 is 2.00 bits per heavy atom. The van der Waals surface area contributed by atoms with Crippen molar-refractivity contribution in [2.24, 2.45) is 4.99 Å². The van der Waals surface area contributed by atoms with Gasteiger partial charge in [-0.1, -0.05) is 25.1 Å². The second kappa shape index (κ2) is 10.1. The largest absolute Gasteiger partial charge is 0.416 e. The lowest BCUT2D eigenvalue weighted by atomic mass is 9.95.